The molecule has 0 aliphatic heterocycles. The summed E-state index contributed by atoms with van der Waals surface area (Å²) in [4.78, 5) is 12.2. The molecule has 2 atom stereocenters. The second-order valence-corrected chi connectivity index (χ2v) is 5.40. The fourth-order valence-corrected chi connectivity index (χ4v) is 2.75. The van der Waals surface area contributed by atoms with Crippen LogP contribution in [0.4, 0.5) is 0 Å². The highest BCUT2D eigenvalue weighted by molar-refractivity contribution is 5.92. The standard InChI is InChI=1S/C15H24N2O3/c1-20-10-9-17-8-4-6-13(17)15(19)16-11-12-5-2-3-7-14(12)18/h4,6,8,12,14,18H,2-3,5,7,9-11H2,1H3,(H,16,19). The molecule has 1 aromatic rings. The molecular weight excluding hydrogens is 256 g/mol. The summed E-state index contributed by atoms with van der Waals surface area (Å²) >= 11 is 0. The Hall–Kier alpha value is -1.33. The van der Waals surface area contributed by atoms with Crippen molar-refractivity contribution in [1.29, 1.82) is 0 Å². The first-order chi connectivity index (χ1) is 9.72. The van der Waals surface area contributed by atoms with Gasteiger partial charge in [-0.15, -0.1) is 0 Å². The lowest BCUT2D eigenvalue weighted by molar-refractivity contribution is 0.0660. The van der Waals surface area contributed by atoms with Crippen LogP contribution in [0.25, 0.3) is 0 Å². The minimum Gasteiger partial charge on any atom is -0.393 e. The molecule has 1 aliphatic rings. The Morgan fingerprint density at radius 2 is 2.30 bits per heavy atom. The van der Waals surface area contributed by atoms with E-state index in [9.17, 15) is 9.90 Å². The van der Waals surface area contributed by atoms with Gasteiger partial charge in [0, 0.05) is 32.3 Å². The Morgan fingerprint density at radius 1 is 1.50 bits per heavy atom. The van der Waals surface area contributed by atoms with E-state index in [-0.39, 0.29) is 17.9 Å². The first-order valence-electron chi connectivity index (χ1n) is 7.32. The van der Waals surface area contributed by atoms with Crippen LogP contribution < -0.4 is 5.32 Å². The molecule has 2 unspecified atom stereocenters. The lowest BCUT2D eigenvalue weighted by atomic mass is 9.86. The Morgan fingerprint density at radius 3 is 3.05 bits per heavy atom. The second kappa shape index (κ2) is 7.45. The molecular formula is C15H24N2O3. The molecule has 1 aliphatic carbocycles. The monoisotopic (exact) mass is 280 g/mol. The zero-order chi connectivity index (χ0) is 14.4. The molecule has 1 aromatic heterocycles. The summed E-state index contributed by atoms with van der Waals surface area (Å²) in [5, 5.41) is 12.9. The molecule has 1 saturated carbocycles. The summed E-state index contributed by atoms with van der Waals surface area (Å²) in [5.74, 6) is 0.110. The molecule has 0 saturated heterocycles. The van der Waals surface area contributed by atoms with Gasteiger partial charge in [-0.05, 0) is 25.0 Å². The highest BCUT2D eigenvalue weighted by atomic mass is 16.5. The third-order valence-corrected chi connectivity index (χ3v) is 3.99. The minimum absolute atomic E-state index is 0.0797. The largest absolute Gasteiger partial charge is 0.393 e. The van der Waals surface area contributed by atoms with Crippen molar-refractivity contribution in [3.63, 3.8) is 0 Å². The topological polar surface area (TPSA) is 63.5 Å². The van der Waals surface area contributed by atoms with Crippen LogP contribution in [0.2, 0.25) is 0 Å². The molecule has 5 heteroatoms. The van der Waals surface area contributed by atoms with Gasteiger partial charge in [0.2, 0.25) is 0 Å². The molecule has 0 aromatic carbocycles. The molecule has 2 rings (SSSR count). The van der Waals surface area contributed by atoms with Gasteiger partial charge in [-0.3, -0.25) is 4.79 Å². The van der Waals surface area contributed by atoms with Gasteiger partial charge in [-0.1, -0.05) is 12.8 Å². The molecule has 20 heavy (non-hydrogen) atoms. The molecule has 5 nitrogen and oxygen atoms in total. The van der Waals surface area contributed by atoms with Crippen molar-refractivity contribution >= 4 is 5.91 Å². The first-order valence-corrected chi connectivity index (χ1v) is 7.32. The van der Waals surface area contributed by atoms with Crippen LogP contribution in [0.1, 0.15) is 36.2 Å². The van der Waals surface area contributed by atoms with Crippen LogP contribution >= 0.6 is 0 Å². The Kier molecular flexibility index (Phi) is 5.61. The van der Waals surface area contributed by atoms with Crippen LogP contribution in [-0.2, 0) is 11.3 Å². The number of hydrogen-bond acceptors (Lipinski definition) is 3. The number of rotatable bonds is 6. The van der Waals surface area contributed by atoms with Gasteiger partial charge in [0.15, 0.2) is 0 Å². The van der Waals surface area contributed by atoms with Gasteiger partial charge in [0.05, 0.1) is 12.7 Å². The van der Waals surface area contributed by atoms with E-state index >= 15 is 0 Å². The fourth-order valence-electron chi connectivity index (χ4n) is 2.75. The van der Waals surface area contributed by atoms with Gasteiger partial charge in [-0.25, -0.2) is 0 Å². The summed E-state index contributed by atoms with van der Waals surface area (Å²) in [6.45, 7) is 1.80. The highest BCUT2D eigenvalue weighted by Gasteiger charge is 2.23. The third kappa shape index (κ3) is 3.84. The smallest absolute Gasteiger partial charge is 0.267 e. The Bertz CT molecular complexity index is 431. The maximum atomic E-state index is 12.2. The van der Waals surface area contributed by atoms with E-state index in [0.29, 0.717) is 25.4 Å². The number of amides is 1. The maximum Gasteiger partial charge on any atom is 0.267 e. The van der Waals surface area contributed by atoms with Crippen molar-refractivity contribution in [2.24, 2.45) is 5.92 Å². The lowest BCUT2D eigenvalue weighted by Gasteiger charge is -2.27. The SMILES string of the molecule is COCCn1cccc1C(=O)NCC1CCCCC1O. The van der Waals surface area contributed by atoms with E-state index in [1.807, 2.05) is 22.9 Å². The molecule has 0 spiro atoms. The summed E-state index contributed by atoms with van der Waals surface area (Å²) in [6.07, 6.45) is 5.68. The average molecular weight is 280 g/mol. The van der Waals surface area contributed by atoms with Crippen LogP contribution in [0.5, 0.6) is 0 Å². The molecule has 1 amide bonds. The van der Waals surface area contributed by atoms with Crippen LogP contribution in [-0.4, -0.2) is 41.9 Å². The molecule has 0 bridgehead atoms. The summed E-state index contributed by atoms with van der Waals surface area (Å²) in [6, 6.07) is 3.67. The quantitative estimate of drug-likeness (QED) is 0.828. The summed E-state index contributed by atoms with van der Waals surface area (Å²) in [7, 11) is 1.65. The predicted octanol–water partition coefficient (Wildman–Crippen LogP) is 1.42. The highest BCUT2D eigenvalue weighted by Crippen LogP contribution is 2.23. The molecule has 1 heterocycles. The van der Waals surface area contributed by atoms with Crippen LogP contribution in [0, 0.1) is 5.92 Å². The molecule has 0 radical (unpaired) electrons. The molecule has 1 fully saturated rings. The zero-order valence-electron chi connectivity index (χ0n) is 12.0. The van der Waals surface area contributed by atoms with E-state index in [1.54, 1.807) is 7.11 Å². The number of carbonyl (C=O) groups excluding carboxylic acids is 1. The first kappa shape index (κ1) is 15.1. The zero-order valence-corrected chi connectivity index (χ0v) is 12.0. The van der Waals surface area contributed by atoms with Gasteiger partial charge >= 0.3 is 0 Å². The number of carbonyl (C=O) groups is 1. The number of nitrogens with zero attached hydrogens (tertiary/aromatic N) is 1. The van der Waals surface area contributed by atoms with Crippen molar-refractivity contribution < 1.29 is 14.6 Å². The number of aromatic nitrogens is 1. The summed E-state index contributed by atoms with van der Waals surface area (Å²) < 4.78 is 6.92. The van der Waals surface area contributed by atoms with E-state index in [4.69, 9.17) is 4.74 Å². The van der Waals surface area contributed by atoms with Crippen LogP contribution in [0.15, 0.2) is 18.3 Å². The minimum atomic E-state index is -0.274. The van der Waals surface area contributed by atoms with Crippen molar-refractivity contribution in [3.05, 3.63) is 24.0 Å². The molecule has 2 N–H and O–H groups in total. The number of aliphatic hydroxyl groups excluding tert-OH is 1. The van der Waals surface area contributed by atoms with Crippen molar-refractivity contribution in [3.8, 4) is 0 Å². The van der Waals surface area contributed by atoms with Gasteiger partial charge in [0.1, 0.15) is 5.69 Å². The van der Waals surface area contributed by atoms with E-state index in [0.717, 1.165) is 25.7 Å². The Balaban J connectivity index is 1.86. The number of ether oxygens (including phenoxy) is 1. The van der Waals surface area contributed by atoms with E-state index in [2.05, 4.69) is 5.32 Å². The normalized spacial score (nSPS) is 22.7. The second-order valence-electron chi connectivity index (χ2n) is 5.40. The number of aliphatic hydroxyl groups is 1. The Labute approximate surface area is 119 Å². The van der Waals surface area contributed by atoms with Crippen molar-refractivity contribution in [2.45, 2.75) is 38.3 Å². The lowest BCUT2D eigenvalue weighted by Crippen LogP contribution is -2.37. The maximum absolute atomic E-state index is 12.2. The predicted molar refractivity (Wildman–Crippen MR) is 76.6 cm³/mol. The van der Waals surface area contributed by atoms with Crippen molar-refractivity contribution in [1.82, 2.24) is 9.88 Å². The number of hydrogen-bond donors (Lipinski definition) is 2. The van der Waals surface area contributed by atoms with Gasteiger partial charge in [-0.2, -0.15) is 0 Å². The third-order valence-electron chi connectivity index (χ3n) is 3.99. The number of methoxy groups -OCH3 is 1. The average Bonchev–Trinajstić information content (AvgIpc) is 2.92. The van der Waals surface area contributed by atoms with Gasteiger partial charge in [0.25, 0.3) is 5.91 Å². The van der Waals surface area contributed by atoms with E-state index < -0.39 is 0 Å². The summed E-state index contributed by atoms with van der Waals surface area (Å²) in [5.41, 5.74) is 0.646. The van der Waals surface area contributed by atoms with E-state index in [1.165, 1.54) is 0 Å². The van der Waals surface area contributed by atoms with Crippen LogP contribution in [0.3, 0.4) is 0 Å². The number of nitrogens with one attached hydrogen (secondary N) is 1. The van der Waals surface area contributed by atoms with Crippen molar-refractivity contribution in [2.75, 3.05) is 20.3 Å². The molecule has 112 valence electrons. The van der Waals surface area contributed by atoms with Gasteiger partial charge < -0.3 is 19.7 Å². The fraction of sp³-hybridized carbons (Fsp3) is 0.667.